The highest BCUT2D eigenvalue weighted by atomic mass is 32.2. The van der Waals surface area contributed by atoms with E-state index in [1.807, 2.05) is 18.2 Å². The Bertz CT molecular complexity index is 1510. The zero-order chi connectivity index (χ0) is 27.8. The lowest BCUT2D eigenvalue weighted by Gasteiger charge is -2.40. The SMILES string of the molecule is CC[C@H]1CC[C@](CC)(c2cccc(C3N=C(CS(=O)(=O)CC)NN3)n2)c2nnc(-c3c(F)cccc3F)cc21. The summed E-state index contributed by atoms with van der Waals surface area (Å²) in [4.78, 5) is 9.50. The Hall–Kier alpha value is -3.31. The minimum absolute atomic E-state index is 0.0373. The van der Waals surface area contributed by atoms with Crippen molar-refractivity contribution in [1.29, 1.82) is 0 Å². The number of amidine groups is 1. The quantitative estimate of drug-likeness (QED) is 0.414. The van der Waals surface area contributed by atoms with E-state index in [0.29, 0.717) is 18.0 Å². The van der Waals surface area contributed by atoms with Gasteiger partial charge in [0.1, 0.15) is 23.2 Å². The van der Waals surface area contributed by atoms with Crippen molar-refractivity contribution in [3.05, 3.63) is 76.7 Å². The van der Waals surface area contributed by atoms with Crippen LogP contribution in [-0.4, -0.2) is 40.9 Å². The van der Waals surface area contributed by atoms with Gasteiger partial charge in [-0.2, -0.15) is 5.10 Å². The second-order valence-corrected chi connectivity index (χ2v) is 12.4. The summed E-state index contributed by atoms with van der Waals surface area (Å²) in [7, 11) is -3.23. The van der Waals surface area contributed by atoms with E-state index >= 15 is 0 Å². The first-order chi connectivity index (χ1) is 18.7. The third kappa shape index (κ3) is 5.05. The summed E-state index contributed by atoms with van der Waals surface area (Å²) in [5.41, 5.74) is 8.54. The van der Waals surface area contributed by atoms with Crippen LogP contribution in [0.5, 0.6) is 0 Å². The lowest BCUT2D eigenvalue weighted by atomic mass is 9.65. The largest absolute Gasteiger partial charge is 0.306 e. The third-order valence-electron chi connectivity index (χ3n) is 7.93. The fourth-order valence-corrected chi connectivity index (χ4v) is 6.38. The lowest BCUT2D eigenvalue weighted by molar-refractivity contribution is 0.352. The molecule has 1 aliphatic carbocycles. The molecule has 1 unspecified atom stereocenters. The minimum atomic E-state index is -3.23. The standard InChI is InChI=1S/C28H32F2N6O2S/c1-4-17-13-14-28(5-2,26-18(17)15-22(33-35-26)25-19(29)9-7-10-20(25)30)23-12-8-11-21(31-23)27-32-24(34-36-27)16-39(37,38)6-3/h7-12,15,17,27,36H,4-6,13-14,16H2,1-3H3,(H,32,34)/t17-,27?,28+/m0/s1. The highest BCUT2D eigenvalue weighted by molar-refractivity contribution is 7.92. The molecule has 0 fully saturated rings. The molecule has 0 saturated heterocycles. The van der Waals surface area contributed by atoms with E-state index in [2.05, 4.69) is 39.9 Å². The smallest absolute Gasteiger partial charge is 0.160 e. The predicted octanol–water partition coefficient (Wildman–Crippen LogP) is 4.74. The Kier molecular flexibility index (Phi) is 7.47. The number of nitrogens with one attached hydrogen (secondary N) is 2. The van der Waals surface area contributed by atoms with Gasteiger partial charge in [-0.15, -0.1) is 5.10 Å². The number of aromatic nitrogens is 3. The number of sulfone groups is 1. The van der Waals surface area contributed by atoms with E-state index in [1.165, 1.54) is 18.2 Å². The van der Waals surface area contributed by atoms with Gasteiger partial charge in [-0.1, -0.05) is 32.9 Å². The first-order valence-electron chi connectivity index (χ1n) is 13.3. The van der Waals surface area contributed by atoms with Crippen molar-refractivity contribution in [1.82, 2.24) is 26.0 Å². The number of hydrogen-bond acceptors (Lipinski definition) is 8. The average Bonchev–Trinajstić information content (AvgIpc) is 3.40. The van der Waals surface area contributed by atoms with E-state index in [1.54, 1.807) is 13.0 Å². The maximum atomic E-state index is 14.6. The molecule has 3 heterocycles. The van der Waals surface area contributed by atoms with Gasteiger partial charge < -0.3 is 5.43 Å². The van der Waals surface area contributed by atoms with Crippen molar-refractivity contribution >= 4 is 15.7 Å². The normalized spacial score (nSPS) is 22.7. The van der Waals surface area contributed by atoms with Crippen molar-refractivity contribution < 1.29 is 17.2 Å². The molecule has 1 aromatic carbocycles. The van der Waals surface area contributed by atoms with Crippen LogP contribution in [0.25, 0.3) is 11.3 Å². The highest BCUT2D eigenvalue weighted by Crippen LogP contribution is 2.49. The summed E-state index contributed by atoms with van der Waals surface area (Å²) in [5.74, 6) is -0.942. The summed E-state index contributed by atoms with van der Waals surface area (Å²) in [6, 6.07) is 11.3. The van der Waals surface area contributed by atoms with Gasteiger partial charge in [0.2, 0.25) is 0 Å². The number of aliphatic imine (C=N–C) groups is 1. The molecule has 39 heavy (non-hydrogen) atoms. The number of fused-ring (bicyclic) bond motifs is 1. The van der Waals surface area contributed by atoms with E-state index in [-0.39, 0.29) is 28.7 Å². The number of benzene rings is 1. The molecule has 1 aliphatic heterocycles. The second-order valence-electron chi connectivity index (χ2n) is 10.1. The second kappa shape index (κ2) is 10.7. The van der Waals surface area contributed by atoms with Crippen LogP contribution in [0.4, 0.5) is 8.78 Å². The number of rotatable bonds is 8. The summed E-state index contributed by atoms with van der Waals surface area (Å²) in [6.45, 7) is 5.79. The minimum Gasteiger partial charge on any atom is -0.306 e. The van der Waals surface area contributed by atoms with Crippen molar-refractivity contribution in [2.24, 2.45) is 4.99 Å². The molecule has 11 heteroatoms. The predicted molar refractivity (Wildman–Crippen MR) is 146 cm³/mol. The number of halogens is 2. The van der Waals surface area contributed by atoms with Crippen LogP contribution in [0.2, 0.25) is 0 Å². The van der Waals surface area contributed by atoms with Crippen molar-refractivity contribution in [3.63, 3.8) is 0 Å². The van der Waals surface area contributed by atoms with Crippen molar-refractivity contribution in [3.8, 4) is 11.3 Å². The molecule has 3 aromatic rings. The van der Waals surface area contributed by atoms with Gasteiger partial charge in [-0.25, -0.2) is 27.6 Å². The van der Waals surface area contributed by atoms with Crippen LogP contribution in [0, 0.1) is 11.6 Å². The maximum Gasteiger partial charge on any atom is 0.160 e. The monoisotopic (exact) mass is 554 g/mol. The van der Waals surface area contributed by atoms with Crippen molar-refractivity contribution in [2.75, 3.05) is 11.5 Å². The molecule has 0 saturated carbocycles. The van der Waals surface area contributed by atoms with Gasteiger partial charge in [0.25, 0.3) is 0 Å². The van der Waals surface area contributed by atoms with Crippen LogP contribution < -0.4 is 10.9 Å². The molecule has 2 N–H and O–H groups in total. The Morgan fingerprint density at radius 1 is 1.05 bits per heavy atom. The van der Waals surface area contributed by atoms with E-state index in [4.69, 9.17) is 4.98 Å². The Morgan fingerprint density at radius 2 is 1.79 bits per heavy atom. The van der Waals surface area contributed by atoms with Gasteiger partial charge in [0.15, 0.2) is 16.0 Å². The summed E-state index contributed by atoms with van der Waals surface area (Å²) < 4.78 is 53.3. The summed E-state index contributed by atoms with van der Waals surface area (Å²) in [6.07, 6.45) is 2.70. The zero-order valence-corrected chi connectivity index (χ0v) is 23.0. The topological polar surface area (TPSA) is 109 Å². The highest BCUT2D eigenvalue weighted by Gasteiger charge is 2.43. The number of hydrazine groups is 1. The van der Waals surface area contributed by atoms with Crippen molar-refractivity contribution in [2.45, 2.75) is 64.0 Å². The molecule has 3 atom stereocenters. The lowest BCUT2D eigenvalue weighted by Crippen LogP contribution is -2.37. The van der Waals surface area contributed by atoms with Gasteiger partial charge >= 0.3 is 0 Å². The zero-order valence-electron chi connectivity index (χ0n) is 22.2. The molecule has 2 aliphatic rings. The number of pyridine rings is 1. The van der Waals surface area contributed by atoms with E-state index < -0.39 is 33.1 Å². The van der Waals surface area contributed by atoms with Crippen LogP contribution in [-0.2, 0) is 15.3 Å². The Labute approximate surface area is 227 Å². The number of hydrogen-bond donors (Lipinski definition) is 2. The Morgan fingerprint density at radius 3 is 2.49 bits per heavy atom. The molecule has 2 aromatic heterocycles. The van der Waals surface area contributed by atoms with Gasteiger partial charge in [0.05, 0.1) is 33.8 Å². The molecule has 0 spiro atoms. The molecule has 0 bridgehead atoms. The molecular formula is C28H32F2N6O2S. The fraction of sp³-hybridized carbons (Fsp3) is 0.429. The van der Waals surface area contributed by atoms with Crippen LogP contribution in [0.3, 0.4) is 0 Å². The maximum absolute atomic E-state index is 14.6. The summed E-state index contributed by atoms with van der Waals surface area (Å²) >= 11 is 0. The number of nitrogens with zero attached hydrogens (tertiary/aromatic N) is 4. The fourth-order valence-electron chi connectivity index (χ4n) is 5.61. The summed E-state index contributed by atoms with van der Waals surface area (Å²) in [5, 5.41) is 8.93. The molecular weight excluding hydrogens is 522 g/mol. The first kappa shape index (κ1) is 27.3. The van der Waals surface area contributed by atoms with E-state index in [0.717, 1.165) is 36.2 Å². The van der Waals surface area contributed by atoms with Crippen LogP contribution >= 0.6 is 0 Å². The molecule has 8 nitrogen and oxygen atoms in total. The average molecular weight is 555 g/mol. The molecule has 0 amide bonds. The molecule has 0 radical (unpaired) electrons. The Balaban J connectivity index is 1.55. The van der Waals surface area contributed by atoms with E-state index in [9.17, 15) is 17.2 Å². The molecule has 206 valence electrons. The third-order valence-corrected chi connectivity index (χ3v) is 9.52. The van der Waals surface area contributed by atoms with Gasteiger partial charge in [-0.3, -0.25) is 4.98 Å². The van der Waals surface area contributed by atoms with Crippen LogP contribution in [0.15, 0.2) is 47.5 Å². The van der Waals surface area contributed by atoms with Gasteiger partial charge in [-0.05, 0) is 67.5 Å². The molecule has 5 rings (SSSR count). The van der Waals surface area contributed by atoms with Crippen LogP contribution in [0.1, 0.15) is 81.2 Å². The first-order valence-corrected chi connectivity index (χ1v) is 15.1. The van der Waals surface area contributed by atoms with Gasteiger partial charge in [0, 0.05) is 5.75 Å².